The second kappa shape index (κ2) is 3.80. The molecule has 16 heavy (non-hydrogen) atoms. The van der Waals surface area contributed by atoms with E-state index in [1.807, 2.05) is 6.92 Å². The lowest BCUT2D eigenvalue weighted by Crippen LogP contribution is -2.16. The van der Waals surface area contributed by atoms with E-state index in [1.54, 1.807) is 30.9 Å². The number of H-pyrrole nitrogens is 1. The van der Waals surface area contributed by atoms with Crippen molar-refractivity contribution in [2.75, 3.05) is 5.32 Å². The normalized spacial score (nSPS) is 10.4. The number of hydrogen-bond donors (Lipinski definition) is 2. The highest BCUT2D eigenvalue weighted by molar-refractivity contribution is 6.05. The minimum Gasteiger partial charge on any atom is -0.307 e. The highest BCUT2D eigenvalue weighted by Crippen LogP contribution is 2.12. The van der Waals surface area contributed by atoms with Crippen LogP contribution in [0, 0.1) is 13.8 Å². The second-order valence-electron chi connectivity index (χ2n) is 3.60. The van der Waals surface area contributed by atoms with E-state index in [0.717, 1.165) is 5.69 Å². The molecule has 0 unspecified atom stereocenters. The summed E-state index contributed by atoms with van der Waals surface area (Å²) in [5.41, 5.74) is 2.04. The van der Waals surface area contributed by atoms with E-state index in [-0.39, 0.29) is 5.91 Å². The average Bonchev–Trinajstić information content (AvgIpc) is 2.75. The molecule has 0 aliphatic carbocycles. The summed E-state index contributed by atoms with van der Waals surface area (Å²) in [5.74, 6) is 0.484. The van der Waals surface area contributed by atoms with Crippen LogP contribution in [-0.2, 0) is 7.05 Å². The summed E-state index contributed by atoms with van der Waals surface area (Å²) in [6.45, 7) is 3.61. The molecular weight excluding hydrogens is 206 g/mol. The lowest BCUT2D eigenvalue weighted by molar-refractivity contribution is 0.102. The topological polar surface area (TPSA) is 75.6 Å². The molecule has 84 valence electrons. The summed E-state index contributed by atoms with van der Waals surface area (Å²) in [5, 5.41) is 13.5. The number of anilines is 1. The van der Waals surface area contributed by atoms with Crippen LogP contribution in [0.5, 0.6) is 0 Å². The van der Waals surface area contributed by atoms with Crippen LogP contribution in [0.2, 0.25) is 0 Å². The van der Waals surface area contributed by atoms with Gasteiger partial charge in [0.2, 0.25) is 0 Å². The van der Waals surface area contributed by atoms with Gasteiger partial charge < -0.3 is 5.32 Å². The molecule has 0 spiro atoms. The van der Waals surface area contributed by atoms with Gasteiger partial charge in [-0.2, -0.15) is 10.2 Å². The fourth-order valence-corrected chi connectivity index (χ4v) is 1.56. The van der Waals surface area contributed by atoms with Crippen molar-refractivity contribution in [3.8, 4) is 0 Å². The van der Waals surface area contributed by atoms with Crippen molar-refractivity contribution in [3.05, 3.63) is 29.2 Å². The standard InChI is InChI=1S/C10H13N5O/c1-6-9(7(2)14-13-6)10(16)12-8-4-5-11-15(8)3/h4-5H,1-3H3,(H,12,16)(H,13,14). The maximum Gasteiger partial charge on any atom is 0.260 e. The van der Waals surface area contributed by atoms with Gasteiger partial charge in [0.15, 0.2) is 0 Å². The van der Waals surface area contributed by atoms with Gasteiger partial charge in [-0.3, -0.25) is 14.6 Å². The molecule has 0 atom stereocenters. The van der Waals surface area contributed by atoms with Gasteiger partial charge in [0, 0.05) is 18.8 Å². The average molecular weight is 219 g/mol. The molecule has 2 heterocycles. The molecule has 0 radical (unpaired) electrons. The molecule has 1 amide bonds. The predicted octanol–water partition coefficient (Wildman–Crippen LogP) is 1.01. The van der Waals surface area contributed by atoms with Crippen molar-refractivity contribution in [1.82, 2.24) is 20.0 Å². The molecule has 2 N–H and O–H groups in total. The molecule has 6 heteroatoms. The molecule has 0 bridgehead atoms. The number of rotatable bonds is 2. The van der Waals surface area contributed by atoms with E-state index in [2.05, 4.69) is 20.6 Å². The Bertz CT molecular complexity index is 506. The molecule has 0 fully saturated rings. The molecule has 2 aromatic heterocycles. The Balaban J connectivity index is 2.25. The summed E-state index contributed by atoms with van der Waals surface area (Å²) in [4.78, 5) is 12.0. The lowest BCUT2D eigenvalue weighted by Gasteiger charge is -2.04. The number of aromatic amines is 1. The first-order valence-electron chi connectivity index (χ1n) is 4.90. The van der Waals surface area contributed by atoms with Crippen LogP contribution in [-0.4, -0.2) is 25.9 Å². The quantitative estimate of drug-likeness (QED) is 0.791. The summed E-state index contributed by atoms with van der Waals surface area (Å²) in [6, 6.07) is 1.74. The number of amides is 1. The number of nitrogens with one attached hydrogen (secondary N) is 2. The lowest BCUT2D eigenvalue weighted by atomic mass is 10.2. The Kier molecular flexibility index (Phi) is 2.47. The Morgan fingerprint density at radius 2 is 2.25 bits per heavy atom. The van der Waals surface area contributed by atoms with Gasteiger partial charge in [0.1, 0.15) is 5.82 Å². The highest BCUT2D eigenvalue weighted by atomic mass is 16.1. The van der Waals surface area contributed by atoms with E-state index >= 15 is 0 Å². The third kappa shape index (κ3) is 1.69. The third-order valence-electron chi connectivity index (χ3n) is 2.42. The molecule has 0 saturated carbocycles. The Hall–Kier alpha value is -2.11. The monoisotopic (exact) mass is 219 g/mol. The number of carbonyl (C=O) groups excluding carboxylic acids is 1. The van der Waals surface area contributed by atoms with Gasteiger partial charge >= 0.3 is 0 Å². The summed E-state index contributed by atoms with van der Waals surface area (Å²) < 4.78 is 1.60. The van der Waals surface area contributed by atoms with Crippen LogP contribution >= 0.6 is 0 Å². The first kappa shape index (κ1) is 10.4. The van der Waals surface area contributed by atoms with Crippen LogP contribution in [0.1, 0.15) is 21.7 Å². The van der Waals surface area contributed by atoms with Crippen LogP contribution in [0.25, 0.3) is 0 Å². The van der Waals surface area contributed by atoms with E-state index < -0.39 is 0 Å². The van der Waals surface area contributed by atoms with Gasteiger partial charge in [0.25, 0.3) is 5.91 Å². The van der Waals surface area contributed by atoms with Gasteiger partial charge in [0.05, 0.1) is 17.5 Å². The second-order valence-corrected chi connectivity index (χ2v) is 3.60. The summed E-state index contributed by atoms with van der Waals surface area (Å²) in [7, 11) is 1.77. The van der Waals surface area contributed by atoms with E-state index in [9.17, 15) is 4.79 Å². The number of aromatic nitrogens is 4. The Morgan fingerprint density at radius 3 is 2.75 bits per heavy atom. The van der Waals surface area contributed by atoms with Gasteiger partial charge in [-0.05, 0) is 13.8 Å². The number of hydrogen-bond acceptors (Lipinski definition) is 3. The van der Waals surface area contributed by atoms with Crippen LogP contribution in [0.3, 0.4) is 0 Å². The first-order chi connectivity index (χ1) is 7.59. The zero-order valence-corrected chi connectivity index (χ0v) is 9.40. The van der Waals surface area contributed by atoms with Crippen molar-refractivity contribution in [2.24, 2.45) is 7.05 Å². The fourth-order valence-electron chi connectivity index (χ4n) is 1.56. The van der Waals surface area contributed by atoms with Crippen molar-refractivity contribution in [1.29, 1.82) is 0 Å². The van der Waals surface area contributed by atoms with Crippen molar-refractivity contribution in [2.45, 2.75) is 13.8 Å². The summed E-state index contributed by atoms with van der Waals surface area (Å²) in [6.07, 6.45) is 1.63. The predicted molar refractivity (Wildman–Crippen MR) is 59.2 cm³/mol. The minimum atomic E-state index is -0.174. The van der Waals surface area contributed by atoms with Crippen molar-refractivity contribution >= 4 is 11.7 Å². The molecule has 2 rings (SSSR count). The smallest absolute Gasteiger partial charge is 0.260 e. The zero-order valence-electron chi connectivity index (χ0n) is 9.40. The molecule has 0 aromatic carbocycles. The molecule has 0 saturated heterocycles. The number of carbonyl (C=O) groups is 1. The molecule has 0 aliphatic heterocycles. The SMILES string of the molecule is Cc1n[nH]c(C)c1C(=O)Nc1ccnn1C. The van der Waals surface area contributed by atoms with Gasteiger partial charge in [-0.25, -0.2) is 0 Å². The van der Waals surface area contributed by atoms with E-state index in [4.69, 9.17) is 0 Å². The van der Waals surface area contributed by atoms with Crippen molar-refractivity contribution < 1.29 is 4.79 Å². The largest absolute Gasteiger partial charge is 0.307 e. The molecule has 6 nitrogen and oxygen atoms in total. The zero-order chi connectivity index (χ0) is 11.7. The maximum atomic E-state index is 12.0. The van der Waals surface area contributed by atoms with Crippen LogP contribution in [0.15, 0.2) is 12.3 Å². The van der Waals surface area contributed by atoms with Crippen LogP contribution in [0.4, 0.5) is 5.82 Å². The third-order valence-corrected chi connectivity index (χ3v) is 2.42. The Morgan fingerprint density at radius 1 is 1.50 bits per heavy atom. The number of nitrogens with zero attached hydrogens (tertiary/aromatic N) is 3. The van der Waals surface area contributed by atoms with Gasteiger partial charge in [-0.15, -0.1) is 0 Å². The fraction of sp³-hybridized carbons (Fsp3) is 0.300. The molecule has 2 aromatic rings. The van der Waals surface area contributed by atoms with Gasteiger partial charge in [-0.1, -0.05) is 0 Å². The first-order valence-corrected chi connectivity index (χ1v) is 4.90. The van der Waals surface area contributed by atoms with Crippen molar-refractivity contribution in [3.63, 3.8) is 0 Å². The molecule has 0 aliphatic rings. The number of aryl methyl sites for hydroxylation is 3. The maximum absolute atomic E-state index is 12.0. The van der Waals surface area contributed by atoms with E-state index in [0.29, 0.717) is 17.1 Å². The summed E-state index contributed by atoms with van der Waals surface area (Å²) >= 11 is 0. The molecular formula is C10H13N5O. The highest BCUT2D eigenvalue weighted by Gasteiger charge is 2.16. The minimum absolute atomic E-state index is 0.174. The van der Waals surface area contributed by atoms with E-state index in [1.165, 1.54) is 0 Å². The Labute approximate surface area is 92.7 Å². The van der Waals surface area contributed by atoms with Crippen LogP contribution < -0.4 is 5.32 Å².